The van der Waals surface area contributed by atoms with E-state index in [-0.39, 0.29) is 4.90 Å². The Balaban J connectivity index is 2.13. The summed E-state index contributed by atoms with van der Waals surface area (Å²) < 4.78 is 31.1. The van der Waals surface area contributed by atoms with Crippen molar-refractivity contribution < 1.29 is 13.2 Å². The van der Waals surface area contributed by atoms with Crippen molar-refractivity contribution in [2.24, 2.45) is 5.10 Å². The van der Waals surface area contributed by atoms with E-state index in [1.54, 1.807) is 24.3 Å². The number of hydrogen-bond donors (Lipinski definition) is 0. The van der Waals surface area contributed by atoms with E-state index in [1.807, 2.05) is 38.1 Å². The first-order valence-electron chi connectivity index (χ1n) is 7.26. The van der Waals surface area contributed by atoms with Gasteiger partial charge in [0.15, 0.2) is 0 Å². The van der Waals surface area contributed by atoms with E-state index < -0.39 is 10.0 Å². The van der Waals surface area contributed by atoms with E-state index in [9.17, 15) is 8.42 Å². The Morgan fingerprint density at radius 3 is 2.26 bits per heavy atom. The molecule has 0 aromatic heterocycles. The van der Waals surface area contributed by atoms with Crippen LogP contribution in [0.15, 0.2) is 58.5 Å². The zero-order chi connectivity index (χ0) is 16.9. The highest BCUT2D eigenvalue weighted by Crippen LogP contribution is 2.15. The number of ether oxygens (including phenoxy) is 1. The maximum atomic E-state index is 12.4. The van der Waals surface area contributed by atoms with Crippen LogP contribution < -0.4 is 4.74 Å². The van der Waals surface area contributed by atoms with E-state index >= 15 is 0 Å². The first-order chi connectivity index (χ1) is 10.9. The Hall–Kier alpha value is -2.34. The molecular weight excluding hydrogens is 312 g/mol. The molecule has 0 aliphatic heterocycles. The summed E-state index contributed by atoms with van der Waals surface area (Å²) in [5, 5.41) is 4.02. The van der Waals surface area contributed by atoms with Crippen LogP contribution in [0.25, 0.3) is 0 Å². The Morgan fingerprint density at radius 2 is 1.70 bits per heavy atom. The Morgan fingerprint density at radius 1 is 1.09 bits per heavy atom. The molecule has 0 aliphatic rings. The number of aryl methyl sites for hydroxylation is 1. The van der Waals surface area contributed by atoms with Crippen LogP contribution in [0, 0.1) is 6.92 Å². The molecule has 0 N–H and O–H groups in total. The highest BCUT2D eigenvalue weighted by Gasteiger charge is 2.18. The molecule has 0 heterocycles. The van der Waals surface area contributed by atoms with Crippen molar-refractivity contribution in [3.8, 4) is 5.75 Å². The fourth-order valence-electron chi connectivity index (χ4n) is 1.89. The lowest BCUT2D eigenvalue weighted by molar-refractivity contribution is 0.340. The number of nitrogens with zero attached hydrogens (tertiary/aromatic N) is 2. The number of hydrazone groups is 1. The SMILES string of the molecule is CCOc1ccc(C=NN(C)S(=O)(=O)c2ccc(C)cc2)cc1. The summed E-state index contributed by atoms with van der Waals surface area (Å²) in [7, 11) is -2.22. The van der Waals surface area contributed by atoms with Crippen molar-refractivity contribution in [2.75, 3.05) is 13.7 Å². The van der Waals surface area contributed by atoms with Gasteiger partial charge in [-0.2, -0.15) is 17.9 Å². The van der Waals surface area contributed by atoms with Crippen LogP contribution in [0.4, 0.5) is 0 Å². The van der Waals surface area contributed by atoms with Crippen molar-refractivity contribution in [2.45, 2.75) is 18.7 Å². The van der Waals surface area contributed by atoms with E-state index in [0.29, 0.717) is 6.61 Å². The molecule has 0 bridgehead atoms. The summed E-state index contributed by atoms with van der Waals surface area (Å²) in [6, 6.07) is 14.0. The van der Waals surface area contributed by atoms with Gasteiger partial charge in [-0.3, -0.25) is 0 Å². The molecule has 0 amide bonds. The maximum absolute atomic E-state index is 12.4. The van der Waals surface area contributed by atoms with Crippen LogP contribution in [-0.2, 0) is 10.0 Å². The second-order valence-corrected chi connectivity index (χ2v) is 6.95. The smallest absolute Gasteiger partial charge is 0.278 e. The first kappa shape index (κ1) is 17.0. The van der Waals surface area contributed by atoms with E-state index in [2.05, 4.69) is 5.10 Å². The summed E-state index contributed by atoms with van der Waals surface area (Å²) in [6.07, 6.45) is 1.50. The number of hydrogen-bond acceptors (Lipinski definition) is 4. The molecule has 0 fully saturated rings. The van der Waals surface area contributed by atoms with Crippen LogP contribution in [0.1, 0.15) is 18.1 Å². The van der Waals surface area contributed by atoms with Gasteiger partial charge in [0, 0.05) is 7.05 Å². The zero-order valence-corrected chi connectivity index (χ0v) is 14.2. The third-order valence-electron chi connectivity index (χ3n) is 3.23. The molecule has 6 heteroatoms. The predicted molar refractivity (Wildman–Crippen MR) is 91.3 cm³/mol. The maximum Gasteiger partial charge on any atom is 0.278 e. The van der Waals surface area contributed by atoms with Gasteiger partial charge < -0.3 is 4.74 Å². The average molecular weight is 332 g/mol. The molecule has 122 valence electrons. The molecule has 2 aromatic rings. The normalized spacial score (nSPS) is 11.6. The minimum atomic E-state index is -3.63. The molecule has 0 unspecified atom stereocenters. The van der Waals surface area contributed by atoms with Gasteiger partial charge in [0.05, 0.1) is 17.7 Å². The molecule has 0 aliphatic carbocycles. The molecule has 0 saturated carbocycles. The zero-order valence-electron chi connectivity index (χ0n) is 13.4. The second-order valence-electron chi connectivity index (χ2n) is 5.00. The molecule has 0 atom stereocenters. The Bertz CT molecular complexity index is 766. The van der Waals surface area contributed by atoms with Crippen molar-refractivity contribution in [3.05, 3.63) is 59.7 Å². The predicted octanol–water partition coefficient (Wildman–Crippen LogP) is 3.05. The summed E-state index contributed by atoms with van der Waals surface area (Å²) in [6.45, 7) is 4.43. The largest absolute Gasteiger partial charge is 0.494 e. The van der Waals surface area contributed by atoms with Crippen LogP contribution in [0.5, 0.6) is 5.75 Å². The quantitative estimate of drug-likeness (QED) is 0.603. The van der Waals surface area contributed by atoms with Crippen LogP contribution in [0.3, 0.4) is 0 Å². The molecule has 2 rings (SSSR count). The first-order valence-corrected chi connectivity index (χ1v) is 8.70. The average Bonchev–Trinajstić information content (AvgIpc) is 2.54. The third-order valence-corrected chi connectivity index (χ3v) is 4.89. The van der Waals surface area contributed by atoms with Gasteiger partial charge in [0.2, 0.25) is 0 Å². The molecule has 2 aromatic carbocycles. The minimum absolute atomic E-state index is 0.217. The summed E-state index contributed by atoms with van der Waals surface area (Å²) in [4.78, 5) is 0.217. The monoisotopic (exact) mass is 332 g/mol. The van der Waals surface area contributed by atoms with Crippen LogP contribution in [-0.4, -0.2) is 32.7 Å². The highest BCUT2D eigenvalue weighted by atomic mass is 32.2. The van der Waals surface area contributed by atoms with Crippen molar-refractivity contribution in [3.63, 3.8) is 0 Å². The van der Waals surface area contributed by atoms with Crippen LogP contribution in [0.2, 0.25) is 0 Å². The third kappa shape index (κ3) is 4.32. The molecule has 0 radical (unpaired) electrons. The number of benzene rings is 2. The van der Waals surface area contributed by atoms with Crippen molar-refractivity contribution >= 4 is 16.2 Å². The molecule has 0 saturated heterocycles. The Labute approximate surface area is 137 Å². The lowest BCUT2D eigenvalue weighted by Gasteiger charge is -2.13. The fraction of sp³-hybridized carbons (Fsp3) is 0.235. The summed E-state index contributed by atoms with van der Waals surface area (Å²) in [5.74, 6) is 0.769. The minimum Gasteiger partial charge on any atom is -0.494 e. The molecule has 23 heavy (non-hydrogen) atoms. The van der Waals surface area contributed by atoms with Crippen molar-refractivity contribution in [1.29, 1.82) is 0 Å². The van der Waals surface area contributed by atoms with Gasteiger partial charge in [-0.1, -0.05) is 17.7 Å². The second kappa shape index (κ2) is 7.28. The van der Waals surface area contributed by atoms with E-state index in [4.69, 9.17) is 4.74 Å². The molecule has 0 spiro atoms. The molecular formula is C17H20N2O3S. The van der Waals surface area contributed by atoms with Gasteiger partial charge in [0.25, 0.3) is 10.0 Å². The fourth-order valence-corrected chi connectivity index (χ4v) is 2.85. The topological polar surface area (TPSA) is 59.0 Å². The lowest BCUT2D eigenvalue weighted by Crippen LogP contribution is -2.21. The van der Waals surface area contributed by atoms with Gasteiger partial charge in [-0.15, -0.1) is 0 Å². The standard InChI is InChI=1S/C17H20N2O3S/c1-4-22-16-9-7-15(8-10-16)13-18-19(3)23(20,21)17-11-5-14(2)6-12-17/h5-13H,4H2,1-3H3. The van der Waals surface area contributed by atoms with Gasteiger partial charge >= 0.3 is 0 Å². The summed E-state index contributed by atoms with van der Waals surface area (Å²) >= 11 is 0. The van der Waals surface area contributed by atoms with Gasteiger partial charge in [-0.05, 0) is 55.8 Å². The highest BCUT2D eigenvalue weighted by molar-refractivity contribution is 7.89. The van der Waals surface area contributed by atoms with E-state index in [0.717, 1.165) is 21.3 Å². The molecule has 5 nitrogen and oxygen atoms in total. The van der Waals surface area contributed by atoms with Gasteiger partial charge in [-0.25, -0.2) is 0 Å². The van der Waals surface area contributed by atoms with Gasteiger partial charge in [0.1, 0.15) is 5.75 Å². The van der Waals surface area contributed by atoms with Crippen LogP contribution >= 0.6 is 0 Å². The number of sulfonamides is 1. The number of rotatable bonds is 6. The van der Waals surface area contributed by atoms with Crippen molar-refractivity contribution in [1.82, 2.24) is 4.41 Å². The van der Waals surface area contributed by atoms with E-state index in [1.165, 1.54) is 13.3 Å². The lowest BCUT2D eigenvalue weighted by atomic mass is 10.2. The summed E-state index contributed by atoms with van der Waals surface area (Å²) in [5.41, 5.74) is 1.80. The Kier molecular flexibility index (Phi) is 5.39.